The second-order valence-electron chi connectivity index (χ2n) is 6.69. The van der Waals surface area contributed by atoms with Crippen molar-refractivity contribution < 1.29 is 9.32 Å². The van der Waals surface area contributed by atoms with Gasteiger partial charge < -0.3 is 9.32 Å². The van der Waals surface area contributed by atoms with Crippen molar-refractivity contribution in [2.24, 2.45) is 0 Å². The SMILES string of the molecule is C[NH+](Cc1cccc(Cl)c1)Cc1cc(=O)oc2ccc3ccccc3c12. The zero-order valence-electron chi connectivity index (χ0n) is 14.5. The molecule has 4 aromatic rings. The lowest BCUT2D eigenvalue weighted by molar-refractivity contribution is -0.907. The van der Waals surface area contributed by atoms with Crippen LogP contribution in [-0.2, 0) is 13.1 Å². The molecule has 0 radical (unpaired) electrons. The number of halogens is 1. The van der Waals surface area contributed by atoms with Gasteiger partial charge >= 0.3 is 5.63 Å². The van der Waals surface area contributed by atoms with Crippen LogP contribution in [0.3, 0.4) is 0 Å². The minimum atomic E-state index is -0.307. The summed E-state index contributed by atoms with van der Waals surface area (Å²) < 4.78 is 5.44. The Morgan fingerprint density at radius 3 is 2.65 bits per heavy atom. The molecule has 0 saturated carbocycles. The van der Waals surface area contributed by atoms with Crippen LogP contribution in [0.2, 0.25) is 5.02 Å². The van der Waals surface area contributed by atoms with Gasteiger partial charge in [-0.2, -0.15) is 0 Å². The Bertz CT molecular complexity index is 1150. The number of nitrogens with one attached hydrogen (secondary N) is 1. The van der Waals surface area contributed by atoms with Gasteiger partial charge in [-0.3, -0.25) is 0 Å². The van der Waals surface area contributed by atoms with Gasteiger partial charge in [0.2, 0.25) is 0 Å². The average Bonchev–Trinajstić information content (AvgIpc) is 2.61. The molecule has 1 N–H and O–H groups in total. The van der Waals surface area contributed by atoms with Crippen LogP contribution in [-0.4, -0.2) is 7.05 Å². The van der Waals surface area contributed by atoms with Crippen molar-refractivity contribution in [3.8, 4) is 0 Å². The van der Waals surface area contributed by atoms with Crippen LogP contribution < -0.4 is 10.5 Å². The van der Waals surface area contributed by atoms with Gasteiger partial charge in [0.15, 0.2) is 0 Å². The van der Waals surface area contributed by atoms with Crippen molar-refractivity contribution in [3.05, 3.63) is 93.3 Å². The fourth-order valence-electron chi connectivity index (χ4n) is 3.54. The molecule has 0 bridgehead atoms. The standard InChI is InChI=1S/C22H18ClNO2/c1-24(13-15-5-4-7-18(23)11-15)14-17-12-21(25)26-20-10-9-16-6-2-3-8-19(16)22(17)20/h2-12H,13-14H2,1H3/p+1. The Hall–Kier alpha value is -2.62. The fraction of sp³-hybridized carbons (Fsp3) is 0.136. The molecule has 0 aliphatic rings. The van der Waals surface area contributed by atoms with E-state index in [4.69, 9.17) is 16.0 Å². The Morgan fingerprint density at radius 2 is 1.81 bits per heavy atom. The molecule has 3 nitrogen and oxygen atoms in total. The van der Waals surface area contributed by atoms with E-state index in [0.29, 0.717) is 5.58 Å². The molecule has 1 atom stereocenters. The molecule has 0 aliphatic carbocycles. The van der Waals surface area contributed by atoms with Gasteiger partial charge in [-0.15, -0.1) is 0 Å². The van der Waals surface area contributed by atoms with Gasteiger partial charge in [0.1, 0.15) is 18.7 Å². The van der Waals surface area contributed by atoms with Crippen LogP contribution in [0.25, 0.3) is 21.7 Å². The normalized spacial score (nSPS) is 12.5. The van der Waals surface area contributed by atoms with Crippen LogP contribution in [0.15, 0.2) is 75.9 Å². The lowest BCUT2D eigenvalue weighted by atomic mass is 10.0. The molecule has 0 saturated heterocycles. The highest BCUT2D eigenvalue weighted by Gasteiger charge is 2.14. The second kappa shape index (κ2) is 6.94. The maximum atomic E-state index is 12.0. The molecular weight excluding hydrogens is 346 g/mol. The van der Waals surface area contributed by atoms with Gasteiger partial charge in [-0.25, -0.2) is 4.79 Å². The number of benzene rings is 3. The van der Waals surface area contributed by atoms with Gasteiger partial charge in [0.05, 0.1) is 7.05 Å². The molecule has 0 spiro atoms. The molecule has 3 aromatic carbocycles. The van der Waals surface area contributed by atoms with E-state index >= 15 is 0 Å². The smallest absolute Gasteiger partial charge is 0.336 e. The Morgan fingerprint density at radius 1 is 0.962 bits per heavy atom. The van der Waals surface area contributed by atoms with E-state index in [1.807, 2.05) is 42.5 Å². The number of fused-ring (bicyclic) bond motifs is 3. The number of hydrogen-bond acceptors (Lipinski definition) is 2. The summed E-state index contributed by atoms with van der Waals surface area (Å²) in [6.07, 6.45) is 0. The third-order valence-corrected chi connectivity index (χ3v) is 4.84. The Balaban J connectivity index is 1.75. The first-order valence-corrected chi connectivity index (χ1v) is 8.98. The number of quaternary nitrogens is 1. The summed E-state index contributed by atoms with van der Waals surface area (Å²) in [7, 11) is 2.12. The highest BCUT2D eigenvalue weighted by molar-refractivity contribution is 6.30. The lowest BCUT2D eigenvalue weighted by Gasteiger charge is -2.16. The zero-order chi connectivity index (χ0) is 18.1. The van der Waals surface area contributed by atoms with Crippen molar-refractivity contribution in [2.75, 3.05) is 7.05 Å². The highest BCUT2D eigenvalue weighted by atomic mass is 35.5. The largest absolute Gasteiger partial charge is 0.423 e. The van der Waals surface area contributed by atoms with E-state index in [1.54, 1.807) is 6.07 Å². The molecule has 0 fully saturated rings. The molecule has 26 heavy (non-hydrogen) atoms. The first-order chi connectivity index (χ1) is 12.6. The van der Waals surface area contributed by atoms with E-state index in [0.717, 1.165) is 39.8 Å². The summed E-state index contributed by atoms with van der Waals surface area (Å²) in [4.78, 5) is 13.3. The van der Waals surface area contributed by atoms with E-state index in [2.05, 4.69) is 25.2 Å². The predicted molar refractivity (Wildman–Crippen MR) is 106 cm³/mol. The van der Waals surface area contributed by atoms with Gasteiger partial charge in [-0.1, -0.05) is 54.1 Å². The number of rotatable bonds is 4. The molecule has 1 heterocycles. The maximum Gasteiger partial charge on any atom is 0.336 e. The van der Waals surface area contributed by atoms with Crippen molar-refractivity contribution in [3.63, 3.8) is 0 Å². The molecule has 4 heteroatoms. The third-order valence-electron chi connectivity index (χ3n) is 4.60. The second-order valence-corrected chi connectivity index (χ2v) is 7.13. The van der Waals surface area contributed by atoms with Crippen LogP contribution >= 0.6 is 11.6 Å². The Labute approximate surface area is 156 Å². The van der Waals surface area contributed by atoms with Gasteiger partial charge in [0.25, 0.3) is 0 Å². The summed E-state index contributed by atoms with van der Waals surface area (Å²) in [5.41, 5.74) is 2.51. The van der Waals surface area contributed by atoms with E-state index < -0.39 is 0 Å². The van der Waals surface area contributed by atoms with Gasteiger partial charge in [-0.05, 0) is 29.0 Å². The van der Waals surface area contributed by atoms with Gasteiger partial charge in [0, 0.05) is 27.6 Å². The summed E-state index contributed by atoms with van der Waals surface area (Å²) >= 11 is 6.09. The lowest BCUT2D eigenvalue weighted by Crippen LogP contribution is -3.06. The topological polar surface area (TPSA) is 34.7 Å². The molecule has 1 unspecified atom stereocenters. The third kappa shape index (κ3) is 3.36. The van der Waals surface area contributed by atoms with Crippen LogP contribution in [0.5, 0.6) is 0 Å². The molecule has 1 aromatic heterocycles. The van der Waals surface area contributed by atoms with Crippen molar-refractivity contribution >= 4 is 33.3 Å². The van der Waals surface area contributed by atoms with Crippen LogP contribution in [0.4, 0.5) is 0 Å². The number of hydrogen-bond donors (Lipinski definition) is 1. The van der Waals surface area contributed by atoms with Crippen LogP contribution in [0.1, 0.15) is 11.1 Å². The minimum absolute atomic E-state index is 0.307. The van der Waals surface area contributed by atoms with E-state index in [1.165, 1.54) is 10.5 Å². The fourth-order valence-corrected chi connectivity index (χ4v) is 3.76. The summed E-state index contributed by atoms with van der Waals surface area (Å²) in [6.45, 7) is 1.55. The molecule has 4 rings (SSSR count). The zero-order valence-corrected chi connectivity index (χ0v) is 15.2. The van der Waals surface area contributed by atoms with Crippen molar-refractivity contribution in [1.29, 1.82) is 0 Å². The quantitative estimate of drug-likeness (QED) is 0.441. The molecule has 130 valence electrons. The van der Waals surface area contributed by atoms with E-state index in [-0.39, 0.29) is 5.63 Å². The monoisotopic (exact) mass is 364 g/mol. The minimum Gasteiger partial charge on any atom is -0.423 e. The first kappa shape index (κ1) is 16.8. The van der Waals surface area contributed by atoms with E-state index in [9.17, 15) is 4.79 Å². The highest BCUT2D eigenvalue weighted by Crippen LogP contribution is 2.27. The molecule has 0 amide bonds. The molecule has 0 aliphatic heterocycles. The van der Waals surface area contributed by atoms with Crippen molar-refractivity contribution in [2.45, 2.75) is 13.1 Å². The summed E-state index contributed by atoms with van der Waals surface area (Å²) in [6, 6.07) is 21.6. The maximum absolute atomic E-state index is 12.0. The van der Waals surface area contributed by atoms with Crippen LogP contribution in [0, 0.1) is 0 Å². The summed E-state index contributed by atoms with van der Waals surface area (Å²) in [5.74, 6) is 0. The van der Waals surface area contributed by atoms with Crippen molar-refractivity contribution in [1.82, 2.24) is 0 Å². The molecular formula is C22H19ClNO2+. The first-order valence-electron chi connectivity index (χ1n) is 8.60. The Kier molecular flexibility index (Phi) is 4.49. The summed E-state index contributed by atoms with van der Waals surface area (Å²) in [5, 5.41) is 4.02. The average molecular weight is 365 g/mol. The predicted octanol–water partition coefficient (Wildman–Crippen LogP) is 3.81.